The van der Waals surface area contributed by atoms with Crippen molar-refractivity contribution < 1.29 is 49.4 Å². The molecule has 31 heavy (non-hydrogen) atoms. The van der Waals surface area contributed by atoms with Crippen molar-refractivity contribution in [3.8, 4) is 17.2 Å². The third-order valence-corrected chi connectivity index (χ3v) is 4.39. The Labute approximate surface area is 176 Å². The van der Waals surface area contributed by atoms with Crippen molar-refractivity contribution >= 4 is 24.0 Å². The first-order valence-electron chi connectivity index (χ1n) is 8.79. The molecule has 0 aliphatic heterocycles. The van der Waals surface area contributed by atoms with Crippen LogP contribution in [0.2, 0.25) is 0 Å². The molecule has 0 saturated carbocycles. The number of hydrogen-bond acceptors (Lipinski definition) is 8. The molecule has 0 radical (unpaired) electrons. The maximum atomic E-state index is 12.4. The maximum absolute atomic E-state index is 12.4. The number of hydrogen-bond donors (Lipinski definition) is 5. The molecule has 0 heterocycles. The number of rotatable bonds is 9. The molecule has 0 amide bonds. The van der Waals surface area contributed by atoms with Gasteiger partial charge >= 0.3 is 17.9 Å². The second kappa shape index (κ2) is 9.63. The highest BCUT2D eigenvalue weighted by atomic mass is 16.5. The zero-order chi connectivity index (χ0) is 23.2. The smallest absolute Gasteiger partial charge is 0.337 e. The maximum Gasteiger partial charge on any atom is 0.337 e. The molecule has 0 aliphatic rings. The molecule has 5 N–H and O–H groups in total. The number of carbonyl (C=O) groups is 3. The average Bonchev–Trinajstić information content (AvgIpc) is 2.70. The topological polar surface area (TPSA) is 171 Å². The van der Waals surface area contributed by atoms with E-state index < -0.39 is 35.8 Å². The summed E-state index contributed by atoms with van der Waals surface area (Å²) in [4.78, 5) is 35.7. The van der Waals surface area contributed by atoms with Crippen molar-refractivity contribution in [2.45, 2.75) is 12.0 Å². The molecular formula is C21H20O10. The van der Waals surface area contributed by atoms with Crippen molar-refractivity contribution in [3.63, 3.8) is 0 Å². The van der Waals surface area contributed by atoms with Gasteiger partial charge in [-0.2, -0.15) is 0 Å². The largest absolute Gasteiger partial charge is 0.508 e. The number of methoxy groups -OCH3 is 1. The van der Waals surface area contributed by atoms with E-state index in [-0.39, 0.29) is 22.8 Å². The van der Waals surface area contributed by atoms with Crippen LogP contribution in [0.25, 0.3) is 6.08 Å². The molecule has 0 aliphatic carbocycles. The molecule has 0 bridgehead atoms. The summed E-state index contributed by atoms with van der Waals surface area (Å²) in [7, 11) is 1.33. The highest BCUT2D eigenvalue weighted by Crippen LogP contribution is 2.28. The zero-order valence-electron chi connectivity index (χ0n) is 16.3. The third kappa shape index (κ3) is 5.52. The van der Waals surface area contributed by atoms with E-state index in [1.165, 1.54) is 55.7 Å². The number of carbonyl (C=O) groups excluding carboxylic acids is 1. The number of esters is 1. The van der Waals surface area contributed by atoms with Gasteiger partial charge in [0, 0.05) is 6.42 Å². The number of carboxylic acid groups (broad SMARTS) is 2. The van der Waals surface area contributed by atoms with Crippen molar-refractivity contribution in [1.29, 1.82) is 0 Å². The molecule has 2 aromatic rings. The lowest BCUT2D eigenvalue weighted by molar-refractivity contribution is -0.182. The van der Waals surface area contributed by atoms with Gasteiger partial charge in [-0.3, -0.25) is 9.59 Å². The third-order valence-electron chi connectivity index (χ3n) is 4.39. The fraction of sp³-hybridized carbons (Fsp3) is 0.190. The molecule has 0 saturated heterocycles. The van der Waals surface area contributed by atoms with Gasteiger partial charge in [-0.15, -0.1) is 0 Å². The summed E-state index contributed by atoms with van der Waals surface area (Å²) in [5.74, 6) is -7.87. The van der Waals surface area contributed by atoms with Gasteiger partial charge in [-0.25, -0.2) is 4.79 Å². The molecule has 2 atom stereocenters. The van der Waals surface area contributed by atoms with Crippen LogP contribution in [0, 0.1) is 5.92 Å². The zero-order valence-corrected chi connectivity index (χ0v) is 16.3. The highest BCUT2D eigenvalue weighted by Gasteiger charge is 2.53. The van der Waals surface area contributed by atoms with E-state index in [0.717, 1.165) is 6.26 Å². The second-order valence-corrected chi connectivity index (χ2v) is 6.51. The van der Waals surface area contributed by atoms with Gasteiger partial charge in [0.15, 0.2) is 23.0 Å². The predicted octanol–water partition coefficient (Wildman–Crippen LogP) is 1.38. The summed E-state index contributed by atoms with van der Waals surface area (Å²) in [5.41, 5.74) is -2.42. The van der Waals surface area contributed by atoms with Gasteiger partial charge in [0.05, 0.1) is 13.4 Å². The van der Waals surface area contributed by atoms with Crippen LogP contribution in [0.15, 0.2) is 48.7 Å². The fourth-order valence-electron chi connectivity index (χ4n) is 2.77. The minimum Gasteiger partial charge on any atom is -0.508 e. The molecule has 2 rings (SSSR count). The van der Waals surface area contributed by atoms with E-state index in [0.29, 0.717) is 5.56 Å². The monoisotopic (exact) mass is 432 g/mol. The quantitative estimate of drug-likeness (QED) is 0.221. The highest BCUT2D eigenvalue weighted by molar-refractivity contribution is 6.01. The lowest BCUT2D eigenvalue weighted by Gasteiger charge is -2.28. The number of ether oxygens (including phenoxy) is 2. The summed E-state index contributed by atoms with van der Waals surface area (Å²) in [5, 5.41) is 48.4. The summed E-state index contributed by atoms with van der Waals surface area (Å²) in [6.07, 6.45) is 1.35. The van der Waals surface area contributed by atoms with Crippen molar-refractivity contribution in [2.24, 2.45) is 5.92 Å². The standard InChI is InChI=1S/C21H20O10/c1-30-16-10-12(4-7-15(16)23)8-9-31-19(26)17(18(24)25)21(29,20(27)28)11-13-2-5-14(22)6-3-13/h2-10,17,22-23,29H,11H2,1H3,(H,24,25)(H,27,28)/b9-8+/t17-,21-/m1/s1. The Morgan fingerprint density at radius 2 is 1.71 bits per heavy atom. The Morgan fingerprint density at radius 1 is 1.06 bits per heavy atom. The first-order valence-corrected chi connectivity index (χ1v) is 8.79. The predicted molar refractivity (Wildman–Crippen MR) is 105 cm³/mol. The van der Waals surface area contributed by atoms with E-state index in [9.17, 15) is 39.9 Å². The summed E-state index contributed by atoms with van der Waals surface area (Å²) in [6, 6.07) is 9.20. The molecule has 2 aromatic carbocycles. The van der Waals surface area contributed by atoms with E-state index in [1.54, 1.807) is 0 Å². The number of aliphatic hydroxyl groups is 1. The van der Waals surface area contributed by atoms with E-state index in [2.05, 4.69) is 0 Å². The van der Waals surface area contributed by atoms with Gasteiger partial charge < -0.3 is 35.0 Å². The molecule has 0 aromatic heterocycles. The van der Waals surface area contributed by atoms with Gasteiger partial charge in [0.25, 0.3) is 0 Å². The Hall–Kier alpha value is -4.05. The molecule has 10 nitrogen and oxygen atoms in total. The van der Waals surface area contributed by atoms with Crippen LogP contribution < -0.4 is 4.74 Å². The Balaban J connectivity index is 2.25. The molecular weight excluding hydrogens is 412 g/mol. The Morgan fingerprint density at radius 3 is 2.26 bits per heavy atom. The van der Waals surface area contributed by atoms with Gasteiger partial charge in [-0.1, -0.05) is 18.2 Å². The van der Waals surface area contributed by atoms with Crippen LogP contribution in [0.5, 0.6) is 17.2 Å². The van der Waals surface area contributed by atoms with Crippen molar-refractivity contribution in [3.05, 3.63) is 59.9 Å². The van der Waals surface area contributed by atoms with Crippen LogP contribution in [0.3, 0.4) is 0 Å². The van der Waals surface area contributed by atoms with Gasteiger partial charge in [0.2, 0.25) is 0 Å². The molecule has 164 valence electrons. The lowest BCUT2D eigenvalue weighted by Crippen LogP contribution is -2.54. The first kappa shape index (κ1) is 23.2. The van der Waals surface area contributed by atoms with Crippen LogP contribution in [-0.4, -0.2) is 56.2 Å². The summed E-state index contributed by atoms with van der Waals surface area (Å²) >= 11 is 0. The number of carboxylic acids is 2. The minimum absolute atomic E-state index is 0.118. The van der Waals surface area contributed by atoms with Gasteiger partial charge in [0.1, 0.15) is 5.75 Å². The summed E-state index contributed by atoms with van der Waals surface area (Å²) < 4.78 is 9.69. The average molecular weight is 432 g/mol. The van der Waals surface area contributed by atoms with Crippen LogP contribution in [-0.2, 0) is 25.5 Å². The Bertz CT molecular complexity index is 996. The molecule has 0 spiro atoms. The number of phenolic OH excluding ortho intramolecular Hbond substituents is 2. The van der Waals surface area contributed by atoms with Crippen molar-refractivity contribution in [1.82, 2.24) is 0 Å². The molecule has 0 fully saturated rings. The van der Waals surface area contributed by atoms with Crippen molar-refractivity contribution in [2.75, 3.05) is 7.11 Å². The van der Waals surface area contributed by atoms with E-state index >= 15 is 0 Å². The number of phenols is 2. The number of aromatic hydroxyl groups is 2. The van der Waals surface area contributed by atoms with Gasteiger partial charge in [-0.05, 0) is 41.5 Å². The van der Waals surface area contributed by atoms with E-state index in [1.807, 2.05) is 0 Å². The second-order valence-electron chi connectivity index (χ2n) is 6.51. The number of aliphatic carboxylic acids is 2. The molecule has 10 heteroatoms. The summed E-state index contributed by atoms with van der Waals surface area (Å²) in [6.45, 7) is 0. The van der Waals surface area contributed by atoms with E-state index in [4.69, 9.17) is 9.47 Å². The van der Waals surface area contributed by atoms with Crippen LogP contribution in [0.4, 0.5) is 0 Å². The Kier molecular flexibility index (Phi) is 7.22. The number of benzene rings is 2. The minimum atomic E-state index is -3.02. The van der Waals surface area contributed by atoms with Crippen LogP contribution >= 0.6 is 0 Å². The first-order chi connectivity index (χ1) is 14.6. The SMILES string of the molecule is COc1cc(/C=C/OC(=O)[C@@H](C(=O)O)[C@](O)(Cc2ccc(O)cc2)C(=O)O)ccc1O. The normalized spacial score (nSPS) is 13.9. The van der Waals surface area contributed by atoms with Crippen LogP contribution in [0.1, 0.15) is 11.1 Å². The molecule has 0 unspecified atom stereocenters. The fourth-order valence-corrected chi connectivity index (χ4v) is 2.77. The lowest BCUT2D eigenvalue weighted by atomic mass is 9.82.